The first kappa shape index (κ1) is 68.3. The summed E-state index contributed by atoms with van der Waals surface area (Å²) in [7, 11) is 0. The van der Waals surface area contributed by atoms with Gasteiger partial charge in [0.1, 0.15) is 30.2 Å². The van der Waals surface area contributed by atoms with Crippen LogP contribution in [0.25, 0.3) is 0 Å². The highest BCUT2D eigenvalue weighted by Gasteiger charge is 2.36. The van der Waals surface area contributed by atoms with Crippen molar-refractivity contribution in [3.8, 4) is 0 Å². The molecule has 0 saturated carbocycles. The highest BCUT2D eigenvalue weighted by Crippen LogP contribution is 2.26. The number of aryl methyl sites for hydroxylation is 1. The Morgan fingerprint density at radius 3 is 1.44 bits per heavy atom. The number of carbonyl (C=O) groups excluding carboxylic acids is 10. The number of carbonyl (C=O) groups is 10. The number of nitrogens with one attached hydrogen (secondary N) is 9. The normalized spacial score (nSPS) is 17.5. The zero-order valence-electron chi connectivity index (χ0n) is 50.2. The fourth-order valence-electron chi connectivity index (χ4n) is 9.89. The zero-order chi connectivity index (χ0) is 62.5. The fraction of sp³-hybridized carbons (Fsp3) is 0.469. The quantitative estimate of drug-likeness (QED) is 0.0509. The van der Waals surface area contributed by atoms with Crippen LogP contribution < -0.4 is 64.2 Å². The molecule has 13 N–H and O–H groups in total. The van der Waals surface area contributed by atoms with Crippen molar-refractivity contribution in [3.63, 3.8) is 0 Å². The van der Waals surface area contributed by atoms with Crippen LogP contribution in [0, 0.1) is 18.8 Å². The number of anilines is 1. The summed E-state index contributed by atoms with van der Waals surface area (Å²) in [6.45, 7) is 8.18. The van der Waals surface area contributed by atoms with Crippen LogP contribution in [0.5, 0.6) is 0 Å². The summed E-state index contributed by atoms with van der Waals surface area (Å²) in [6, 6.07) is 26.8. The maximum atomic E-state index is 14.7. The number of amides is 10. The van der Waals surface area contributed by atoms with E-state index >= 15 is 0 Å². The van der Waals surface area contributed by atoms with Crippen molar-refractivity contribution in [3.05, 3.63) is 138 Å². The molecule has 22 heteroatoms. The molecule has 5 rings (SSSR count). The molecule has 464 valence electrons. The Kier molecular flexibility index (Phi) is 28.4. The standard InChI is InChI=1S/C64H88N12O10/c1-41(2)33-51(75-63(85)52(37-46-26-13-8-14-27-46)74-59(81)48(66)36-45-24-11-7-12-25-45)62(84)72-49-28-17-19-31-67-56(78)39-70-61(83)50(29-18-20-32-68-55(77)38-69-60(49)82)73-64(86)54(34-42(3)4)76(53-30-16-15-21-43(53)5)57(79)40-71-58(80)47(65)35-44-22-9-6-10-23-44/h6-16,21-27,30,41-42,47-52,54H,17-20,28-29,31-40,65-66H2,1-5H3,(H,67,78)(H,68,77)(H,69,82)(H,70,83)(H,71,80)(H,72,84)(H,73,86)(H,74,81)(H,75,85)/t47-,48-,49-,50-,51-,52-,54-/m1/s1. The average molecular weight is 1190 g/mol. The Morgan fingerprint density at radius 2 is 0.953 bits per heavy atom. The molecule has 0 aromatic heterocycles. The predicted molar refractivity (Wildman–Crippen MR) is 328 cm³/mol. The van der Waals surface area contributed by atoms with Gasteiger partial charge in [0.25, 0.3) is 0 Å². The van der Waals surface area contributed by atoms with E-state index in [1.807, 2.05) is 119 Å². The maximum Gasteiger partial charge on any atom is 0.247 e. The van der Waals surface area contributed by atoms with Crippen LogP contribution in [0.3, 0.4) is 0 Å². The molecule has 4 aromatic rings. The van der Waals surface area contributed by atoms with Crippen LogP contribution >= 0.6 is 0 Å². The number of nitrogens with two attached hydrogens (primary N) is 2. The SMILES string of the molecule is Cc1ccccc1N(C(=O)CNC(=O)[C@H](N)Cc1ccccc1)[C@H](CC(C)C)C(=O)N[C@@H]1CCCCNC(=O)CNC(=O)[C@H](NC(=O)[C@@H](CC(C)C)NC(=O)[C@@H](Cc2ccccc2)NC(=O)[C@H](N)Cc2ccccc2)CCCCNC(=O)CNC1=O. The van der Waals surface area contributed by atoms with Crippen LogP contribution in [0.1, 0.15) is 101 Å². The predicted octanol–water partition coefficient (Wildman–Crippen LogP) is 2.05. The lowest BCUT2D eigenvalue weighted by Crippen LogP contribution is -2.58. The van der Waals surface area contributed by atoms with Gasteiger partial charge in [-0.25, -0.2) is 0 Å². The molecule has 10 amide bonds. The number of benzene rings is 4. The van der Waals surface area contributed by atoms with Gasteiger partial charge in [0, 0.05) is 25.2 Å². The second kappa shape index (κ2) is 35.7. The van der Waals surface area contributed by atoms with Crippen LogP contribution in [-0.4, -0.2) is 134 Å². The molecular formula is C64H88N12O10. The molecule has 1 aliphatic heterocycles. The maximum absolute atomic E-state index is 14.7. The molecule has 0 aliphatic carbocycles. The molecule has 7 atom stereocenters. The fourth-order valence-corrected chi connectivity index (χ4v) is 9.89. The van der Waals surface area contributed by atoms with E-state index in [9.17, 15) is 47.9 Å². The van der Waals surface area contributed by atoms with Crippen LogP contribution in [0.15, 0.2) is 115 Å². The van der Waals surface area contributed by atoms with Gasteiger partial charge in [-0.15, -0.1) is 0 Å². The molecule has 1 heterocycles. The monoisotopic (exact) mass is 1180 g/mol. The Morgan fingerprint density at radius 1 is 0.512 bits per heavy atom. The zero-order valence-corrected chi connectivity index (χ0v) is 50.2. The Bertz CT molecular complexity index is 2880. The minimum absolute atomic E-state index is 0.0682. The lowest BCUT2D eigenvalue weighted by molar-refractivity contribution is -0.134. The summed E-state index contributed by atoms with van der Waals surface area (Å²) in [5, 5.41) is 24.7. The highest BCUT2D eigenvalue weighted by molar-refractivity contribution is 6.04. The summed E-state index contributed by atoms with van der Waals surface area (Å²) in [6.07, 6.45) is 2.29. The van der Waals surface area contributed by atoms with Gasteiger partial charge in [0.2, 0.25) is 59.1 Å². The van der Waals surface area contributed by atoms with Crippen molar-refractivity contribution >= 4 is 64.8 Å². The van der Waals surface area contributed by atoms with Crippen molar-refractivity contribution < 1.29 is 47.9 Å². The largest absolute Gasteiger partial charge is 0.355 e. The average Bonchev–Trinajstić information content (AvgIpc) is 2.66. The topological polar surface area (TPSA) is 334 Å². The molecule has 1 saturated heterocycles. The first-order valence-electron chi connectivity index (χ1n) is 29.8. The number of nitrogens with zero attached hydrogens (tertiary/aromatic N) is 1. The molecule has 86 heavy (non-hydrogen) atoms. The van der Waals surface area contributed by atoms with E-state index in [4.69, 9.17) is 11.5 Å². The van der Waals surface area contributed by atoms with Crippen LogP contribution in [0.4, 0.5) is 5.69 Å². The third kappa shape index (κ3) is 23.5. The summed E-state index contributed by atoms with van der Waals surface area (Å²) in [5.74, 6) is -6.25. The first-order chi connectivity index (χ1) is 41.2. The minimum atomic E-state index is -1.18. The van der Waals surface area contributed by atoms with Gasteiger partial charge in [0.05, 0.1) is 31.7 Å². The van der Waals surface area contributed by atoms with E-state index in [1.165, 1.54) is 4.90 Å². The molecule has 0 unspecified atom stereocenters. The summed E-state index contributed by atoms with van der Waals surface area (Å²) in [5.41, 5.74) is 16.1. The molecule has 0 bridgehead atoms. The molecule has 4 aromatic carbocycles. The van der Waals surface area contributed by atoms with Gasteiger partial charge in [-0.2, -0.15) is 0 Å². The van der Waals surface area contributed by atoms with Crippen molar-refractivity contribution in [2.24, 2.45) is 23.3 Å². The van der Waals surface area contributed by atoms with E-state index in [0.717, 1.165) is 16.7 Å². The van der Waals surface area contributed by atoms with Gasteiger partial charge >= 0.3 is 0 Å². The molecule has 22 nitrogen and oxygen atoms in total. The summed E-state index contributed by atoms with van der Waals surface area (Å²) < 4.78 is 0. The van der Waals surface area contributed by atoms with Gasteiger partial charge in [0.15, 0.2) is 0 Å². The highest BCUT2D eigenvalue weighted by atomic mass is 16.2. The van der Waals surface area contributed by atoms with Gasteiger partial charge in [-0.3, -0.25) is 52.8 Å². The summed E-state index contributed by atoms with van der Waals surface area (Å²) >= 11 is 0. The lowest BCUT2D eigenvalue weighted by atomic mass is 9.98. The molecular weight excluding hydrogens is 1100 g/mol. The van der Waals surface area contributed by atoms with Gasteiger partial charge in [-0.1, -0.05) is 137 Å². The Balaban J connectivity index is 1.24. The minimum Gasteiger partial charge on any atom is -0.355 e. The van der Waals surface area contributed by atoms with Gasteiger partial charge < -0.3 is 59.3 Å². The smallest absolute Gasteiger partial charge is 0.247 e. The molecule has 1 aliphatic rings. The van der Waals surface area contributed by atoms with Crippen molar-refractivity contribution in [2.45, 2.75) is 148 Å². The number of hydrogen-bond acceptors (Lipinski definition) is 12. The Hall–Kier alpha value is -8.50. The van der Waals surface area contributed by atoms with E-state index in [-0.39, 0.29) is 69.9 Å². The van der Waals surface area contributed by atoms with E-state index in [1.54, 1.807) is 31.2 Å². The molecule has 1 fully saturated rings. The van der Waals surface area contributed by atoms with E-state index in [2.05, 4.69) is 47.9 Å². The number of para-hydroxylation sites is 1. The summed E-state index contributed by atoms with van der Waals surface area (Å²) in [4.78, 5) is 140. The second-order valence-corrected chi connectivity index (χ2v) is 22.7. The van der Waals surface area contributed by atoms with Crippen LogP contribution in [-0.2, 0) is 67.2 Å². The van der Waals surface area contributed by atoms with E-state index < -0.39 is 121 Å². The Labute approximate surface area is 504 Å². The first-order valence-corrected chi connectivity index (χ1v) is 29.8. The van der Waals surface area contributed by atoms with Crippen molar-refractivity contribution in [2.75, 3.05) is 37.6 Å². The molecule has 0 radical (unpaired) electrons. The van der Waals surface area contributed by atoms with Gasteiger partial charge in [-0.05, 0) is 111 Å². The third-order valence-electron chi connectivity index (χ3n) is 14.5. The third-order valence-corrected chi connectivity index (χ3v) is 14.5. The van der Waals surface area contributed by atoms with E-state index in [0.29, 0.717) is 36.9 Å². The number of rotatable bonds is 23. The number of hydrogen-bond donors (Lipinski definition) is 11. The van der Waals surface area contributed by atoms with Crippen molar-refractivity contribution in [1.82, 2.24) is 47.9 Å². The lowest BCUT2D eigenvalue weighted by Gasteiger charge is -2.34. The molecule has 0 spiro atoms. The second-order valence-electron chi connectivity index (χ2n) is 22.7. The van der Waals surface area contributed by atoms with Crippen LogP contribution in [0.2, 0.25) is 0 Å². The van der Waals surface area contributed by atoms with Crippen molar-refractivity contribution in [1.29, 1.82) is 0 Å².